The van der Waals surface area contributed by atoms with E-state index < -0.39 is 0 Å². The number of halogens is 4. The Morgan fingerprint density at radius 1 is 1.32 bits per heavy atom. The summed E-state index contributed by atoms with van der Waals surface area (Å²) in [4.78, 5) is 2.31. The number of hydrogen-bond acceptors (Lipinski definition) is 2. The fraction of sp³-hybridized carbons (Fsp3) is 0.385. The van der Waals surface area contributed by atoms with Gasteiger partial charge in [0.25, 0.3) is 0 Å². The largest absolute Gasteiger partial charge is 0.314 e. The molecular formula is C13H18BrCl2FN2. The Morgan fingerprint density at radius 3 is 2.53 bits per heavy atom. The van der Waals surface area contributed by atoms with Crippen molar-refractivity contribution in [3.05, 3.63) is 46.7 Å². The van der Waals surface area contributed by atoms with Gasteiger partial charge in [0, 0.05) is 30.7 Å². The molecule has 1 atom stereocenters. The highest BCUT2D eigenvalue weighted by Crippen LogP contribution is 2.29. The van der Waals surface area contributed by atoms with Gasteiger partial charge in [0.1, 0.15) is 5.82 Å². The molecule has 1 saturated heterocycles. The van der Waals surface area contributed by atoms with E-state index in [-0.39, 0.29) is 36.7 Å². The van der Waals surface area contributed by atoms with E-state index in [1.807, 2.05) is 6.08 Å². The molecule has 19 heavy (non-hydrogen) atoms. The topological polar surface area (TPSA) is 15.3 Å². The van der Waals surface area contributed by atoms with E-state index in [1.54, 1.807) is 12.1 Å². The molecule has 1 heterocycles. The second-order valence-electron chi connectivity index (χ2n) is 4.13. The Labute approximate surface area is 134 Å². The molecule has 6 heteroatoms. The summed E-state index contributed by atoms with van der Waals surface area (Å²) in [5, 5.41) is 3.31. The molecule has 0 saturated carbocycles. The zero-order chi connectivity index (χ0) is 12.3. The van der Waals surface area contributed by atoms with Crippen LogP contribution in [0.1, 0.15) is 11.6 Å². The predicted octanol–water partition coefficient (Wildman–Crippen LogP) is 3.56. The first-order valence-electron chi connectivity index (χ1n) is 5.74. The molecule has 2 nitrogen and oxygen atoms in total. The van der Waals surface area contributed by atoms with Crippen LogP contribution in [0.25, 0.3) is 0 Å². The molecule has 108 valence electrons. The number of rotatable bonds is 3. The van der Waals surface area contributed by atoms with Crippen molar-refractivity contribution in [2.75, 3.05) is 26.2 Å². The maximum atomic E-state index is 13.3. The van der Waals surface area contributed by atoms with Gasteiger partial charge in [0.05, 0.1) is 6.04 Å². The van der Waals surface area contributed by atoms with Crippen LogP contribution in [-0.4, -0.2) is 31.1 Å². The predicted molar refractivity (Wildman–Crippen MR) is 86.0 cm³/mol. The van der Waals surface area contributed by atoms with Crippen molar-refractivity contribution in [2.45, 2.75) is 6.04 Å². The third-order valence-electron chi connectivity index (χ3n) is 3.04. The molecule has 0 amide bonds. The monoisotopic (exact) mass is 370 g/mol. The van der Waals surface area contributed by atoms with Crippen LogP contribution in [0, 0.1) is 5.82 Å². The van der Waals surface area contributed by atoms with Gasteiger partial charge in [-0.2, -0.15) is 0 Å². The number of hydrogen-bond donors (Lipinski definition) is 1. The van der Waals surface area contributed by atoms with Gasteiger partial charge in [-0.3, -0.25) is 4.90 Å². The molecule has 0 aliphatic carbocycles. The highest BCUT2D eigenvalue weighted by molar-refractivity contribution is 9.10. The SMILES string of the molecule is C=C[C@@H](c1cc(F)ccc1Br)N1CCNCC1.Cl.Cl. The Kier molecular flexibility index (Phi) is 8.86. The summed E-state index contributed by atoms with van der Waals surface area (Å²) in [7, 11) is 0. The van der Waals surface area contributed by atoms with Crippen molar-refractivity contribution >= 4 is 40.7 Å². The average molecular weight is 372 g/mol. The van der Waals surface area contributed by atoms with Gasteiger partial charge >= 0.3 is 0 Å². The van der Waals surface area contributed by atoms with Crippen molar-refractivity contribution in [3.8, 4) is 0 Å². The maximum absolute atomic E-state index is 13.3. The second-order valence-corrected chi connectivity index (χ2v) is 4.99. The quantitative estimate of drug-likeness (QED) is 0.817. The molecule has 1 fully saturated rings. The number of nitrogens with zero attached hydrogens (tertiary/aromatic N) is 1. The molecule has 1 aromatic rings. The Bertz CT molecular complexity index is 412. The third kappa shape index (κ3) is 4.72. The molecular weight excluding hydrogens is 354 g/mol. The molecule has 2 rings (SSSR count). The Balaban J connectivity index is 0.00000162. The fourth-order valence-corrected chi connectivity index (χ4v) is 2.66. The van der Waals surface area contributed by atoms with E-state index in [9.17, 15) is 4.39 Å². The standard InChI is InChI=1S/C13H16BrFN2.2ClH/c1-2-13(17-7-5-16-6-8-17)11-9-10(15)3-4-12(11)14;;/h2-4,9,13,16H,1,5-8H2;2*1H/t13-;;/m0../s1. The fourth-order valence-electron chi connectivity index (χ4n) is 2.17. The zero-order valence-corrected chi connectivity index (χ0v) is 13.7. The van der Waals surface area contributed by atoms with E-state index in [0.29, 0.717) is 0 Å². The average Bonchev–Trinajstić information content (AvgIpc) is 2.36. The Hall–Kier alpha value is -0.130. The van der Waals surface area contributed by atoms with Crippen LogP contribution in [0.5, 0.6) is 0 Å². The van der Waals surface area contributed by atoms with Crippen LogP contribution < -0.4 is 5.32 Å². The summed E-state index contributed by atoms with van der Waals surface area (Å²) in [6.45, 7) is 7.73. The summed E-state index contributed by atoms with van der Waals surface area (Å²) < 4.78 is 14.3. The highest BCUT2D eigenvalue weighted by atomic mass is 79.9. The molecule has 0 unspecified atom stereocenters. The lowest BCUT2D eigenvalue weighted by Gasteiger charge is -2.33. The number of piperazine rings is 1. The first kappa shape index (κ1) is 18.9. The molecule has 0 aromatic heterocycles. The molecule has 1 aromatic carbocycles. The maximum Gasteiger partial charge on any atom is 0.123 e. The summed E-state index contributed by atoms with van der Waals surface area (Å²) in [6.07, 6.45) is 1.88. The zero-order valence-electron chi connectivity index (χ0n) is 10.4. The van der Waals surface area contributed by atoms with Crippen LogP contribution in [0.4, 0.5) is 4.39 Å². The van der Waals surface area contributed by atoms with Gasteiger partial charge < -0.3 is 5.32 Å². The van der Waals surface area contributed by atoms with Gasteiger partial charge in [0.15, 0.2) is 0 Å². The van der Waals surface area contributed by atoms with Crippen molar-refractivity contribution < 1.29 is 4.39 Å². The van der Waals surface area contributed by atoms with Crippen LogP contribution in [0.2, 0.25) is 0 Å². The van der Waals surface area contributed by atoms with E-state index in [1.165, 1.54) is 6.07 Å². The van der Waals surface area contributed by atoms with Gasteiger partial charge in [-0.1, -0.05) is 22.0 Å². The number of nitrogens with one attached hydrogen (secondary N) is 1. The third-order valence-corrected chi connectivity index (χ3v) is 3.77. The lowest BCUT2D eigenvalue weighted by molar-refractivity contribution is 0.203. The van der Waals surface area contributed by atoms with Crippen LogP contribution in [0.15, 0.2) is 35.3 Å². The lowest BCUT2D eigenvalue weighted by Crippen LogP contribution is -2.44. The summed E-state index contributed by atoms with van der Waals surface area (Å²) in [5.74, 6) is -0.204. The second kappa shape index (κ2) is 8.93. The van der Waals surface area contributed by atoms with E-state index >= 15 is 0 Å². The molecule has 1 aliphatic rings. The first-order valence-corrected chi connectivity index (χ1v) is 6.54. The van der Waals surface area contributed by atoms with Gasteiger partial charge in [-0.05, 0) is 23.8 Å². The van der Waals surface area contributed by atoms with E-state index in [0.717, 1.165) is 36.2 Å². The lowest BCUT2D eigenvalue weighted by atomic mass is 10.0. The highest BCUT2D eigenvalue weighted by Gasteiger charge is 2.21. The molecule has 1 aliphatic heterocycles. The molecule has 1 N–H and O–H groups in total. The summed E-state index contributed by atoms with van der Waals surface area (Å²) in [5.41, 5.74) is 0.946. The van der Waals surface area contributed by atoms with Gasteiger partial charge in [0.2, 0.25) is 0 Å². The minimum atomic E-state index is -0.204. The normalized spacial score (nSPS) is 16.9. The van der Waals surface area contributed by atoms with Crippen molar-refractivity contribution in [1.82, 2.24) is 10.2 Å². The molecule has 0 spiro atoms. The van der Waals surface area contributed by atoms with Gasteiger partial charge in [-0.15, -0.1) is 31.4 Å². The Morgan fingerprint density at radius 2 is 1.95 bits per heavy atom. The van der Waals surface area contributed by atoms with Crippen LogP contribution in [0.3, 0.4) is 0 Å². The van der Waals surface area contributed by atoms with Gasteiger partial charge in [-0.25, -0.2) is 4.39 Å². The van der Waals surface area contributed by atoms with Crippen LogP contribution in [-0.2, 0) is 0 Å². The minimum Gasteiger partial charge on any atom is -0.314 e. The minimum absolute atomic E-state index is 0. The first-order chi connectivity index (χ1) is 8.22. The smallest absolute Gasteiger partial charge is 0.123 e. The van der Waals surface area contributed by atoms with Crippen molar-refractivity contribution in [2.24, 2.45) is 0 Å². The number of benzene rings is 1. The molecule has 0 bridgehead atoms. The van der Waals surface area contributed by atoms with Crippen LogP contribution >= 0.6 is 40.7 Å². The summed E-state index contributed by atoms with van der Waals surface area (Å²) in [6, 6.07) is 4.87. The van der Waals surface area contributed by atoms with E-state index in [4.69, 9.17) is 0 Å². The van der Waals surface area contributed by atoms with E-state index in [2.05, 4.69) is 32.7 Å². The van der Waals surface area contributed by atoms with Crippen molar-refractivity contribution in [1.29, 1.82) is 0 Å². The van der Waals surface area contributed by atoms with Crippen molar-refractivity contribution in [3.63, 3.8) is 0 Å². The summed E-state index contributed by atoms with van der Waals surface area (Å²) >= 11 is 3.48. The molecule has 0 radical (unpaired) electrons.